The van der Waals surface area contributed by atoms with Crippen LogP contribution >= 0.6 is 0 Å². The van der Waals surface area contributed by atoms with Gasteiger partial charge in [0.05, 0.1) is 0 Å². The standard InChI is InChI=1S/C16H22F2O7S/c1-2-13(12-7-10-4-3-5-11(6-10)8-12)25-14(19)9-24-15(20)16(17,18)26(21,22)23/h7,11-13H,2-6,8-9H2,1H3,(H,21,22,23). The Hall–Kier alpha value is -1.55. The number of halogens is 2. The number of fused-ring (bicyclic) bond motifs is 2. The zero-order chi connectivity index (χ0) is 19.5. The molecule has 0 heterocycles. The van der Waals surface area contributed by atoms with E-state index in [1.165, 1.54) is 5.57 Å². The molecule has 0 aromatic rings. The lowest BCUT2D eigenvalue weighted by Crippen LogP contribution is -2.40. The predicted octanol–water partition coefficient (Wildman–Crippen LogP) is 2.47. The molecule has 0 aromatic heterocycles. The fraction of sp³-hybridized carbons (Fsp3) is 0.750. The first-order chi connectivity index (χ1) is 12.0. The number of ether oxygens (including phenoxy) is 2. The monoisotopic (exact) mass is 396 g/mol. The highest BCUT2D eigenvalue weighted by molar-refractivity contribution is 7.87. The van der Waals surface area contributed by atoms with Crippen molar-refractivity contribution in [3.63, 3.8) is 0 Å². The summed E-state index contributed by atoms with van der Waals surface area (Å²) < 4.78 is 64.5. The summed E-state index contributed by atoms with van der Waals surface area (Å²) >= 11 is 0. The Kier molecular flexibility index (Phi) is 6.38. The zero-order valence-electron chi connectivity index (χ0n) is 14.3. The second kappa shape index (κ2) is 7.99. The normalized spacial score (nSPS) is 24.4. The molecule has 3 atom stereocenters. The van der Waals surface area contributed by atoms with Gasteiger partial charge in [0.25, 0.3) is 0 Å². The van der Waals surface area contributed by atoms with Gasteiger partial charge < -0.3 is 9.47 Å². The molecule has 0 aromatic carbocycles. The lowest BCUT2D eigenvalue weighted by Gasteiger charge is -2.35. The number of hydrogen-bond acceptors (Lipinski definition) is 6. The van der Waals surface area contributed by atoms with E-state index in [9.17, 15) is 26.8 Å². The van der Waals surface area contributed by atoms with Gasteiger partial charge in [-0.25, -0.2) is 9.59 Å². The summed E-state index contributed by atoms with van der Waals surface area (Å²) in [6.45, 7) is 0.659. The van der Waals surface area contributed by atoms with Gasteiger partial charge in [0.1, 0.15) is 6.10 Å². The highest BCUT2D eigenvalue weighted by Crippen LogP contribution is 2.40. The van der Waals surface area contributed by atoms with Gasteiger partial charge in [-0.1, -0.05) is 18.6 Å². The van der Waals surface area contributed by atoms with Crippen LogP contribution in [0, 0.1) is 11.8 Å². The van der Waals surface area contributed by atoms with E-state index in [0.29, 0.717) is 12.3 Å². The third-order valence-corrected chi connectivity index (χ3v) is 5.58. The highest BCUT2D eigenvalue weighted by atomic mass is 32.2. The molecule has 0 amide bonds. The molecule has 7 nitrogen and oxygen atoms in total. The Morgan fingerprint density at radius 1 is 1.42 bits per heavy atom. The van der Waals surface area contributed by atoms with E-state index in [1.54, 1.807) is 0 Å². The average molecular weight is 396 g/mol. The minimum atomic E-state index is -5.97. The Labute approximate surface area is 150 Å². The van der Waals surface area contributed by atoms with E-state index in [1.807, 2.05) is 6.92 Å². The van der Waals surface area contributed by atoms with Crippen LogP contribution in [0.3, 0.4) is 0 Å². The fourth-order valence-electron chi connectivity index (χ4n) is 3.55. The topological polar surface area (TPSA) is 107 Å². The minimum absolute atomic E-state index is 0.0213. The van der Waals surface area contributed by atoms with E-state index in [4.69, 9.17) is 9.29 Å². The van der Waals surface area contributed by atoms with Gasteiger partial charge in [0.2, 0.25) is 0 Å². The van der Waals surface area contributed by atoms with Gasteiger partial charge in [-0.15, -0.1) is 0 Å². The molecule has 148 valence electrons. The maximum Gasteiger partial charge on any atom is 0.465 e. The van der Waals surface area contributed by atoms with Gasteiger partial charge in [-0.05, 0) is 44.4 Å². The molecular formula is C16H22F2O7S. The summed E-state index contributed by atoms with van der Waals surface area (Å²) in [4.78, 5) is 22.9. The van der Waals surface area contributed by atoms with Crippen molar-refractivity contribution >= 4 is 22.1 Å². The summed E-state index contributed by atoms with van der Waals surface area (Å²) in [5, 5.41) is -5.14. The molecule has 0 spiro atoms. The van der Waals surface area contributed by atoms with E-state index in [-0.39, 0.29) is 5.92 Å². The van der Waals surface area contributed by atoms with E-state index >= 15 is 0 Å². The third kappa shape index (κ3) is 4.79. The SMILES string of the molecule is CCC(OC(=O)COC(=O)C(F)(F)S(=O)(=O)O)C1C=C2CCCC(C2)C1. The van der Waals surface area contributed by atoms with Crippen LogP contribution in [0.1, 0.15) is 45.4 Å². The maximum absolute atomic E-state index is 13.1. The molecule has 0 radical (unpaired) electrons. The van der Waals surface area contributed by atoms with Gasteiger partial charge >= 0.3 is 27.3 Å². The first kappa shape index (κ1) is 20.8. The minimum Gasteiger partial charge on any atom is -0.459 e. The molecule has 0 aliphatic heterocycles. The van der Waals surface area contributed by atoms with Crippen LogP contribution in [-0.4, -0.2) is 42.9 Å². The molecule has 0 saturated heterocycles. The van der Waals surface area contributed by atoms with Gasteiger partial charge in [0, 0.05) is 5.92 Å². The van der Waals surface area contributed by atoms with Crippen molar-refractivity contribution in [3.05, 3.63) is 11.6 Å². The van der Waals surface area contributed by atoms with E-state index in [2.05, 4.69) is 10.8 Å². The van der Waals surface area contributed by atoms with Crippen molar-refractivity contribution in [3.8, 4) is 0 Å². The summed E-state index contributed by atoms with van der Waals surface area (Å²) in [7, 11) is -5.97. The largest absolute Gasteiger partial charge is 0.465 e. The maximum atomic E-state index is 13.1. The molecule has 2 bridgehead atoms. The number of hydrogen-bond donors (Lipinski definition) is 1. The lowest BCUT2D eigenvalue weighted by molar-refractivity contribution is -0.172. The van der Waals surface area contributed by atoms with Gasteiger partial charge in [-0.3, -0.25) is 4.55 Å². The molecular weight excluding hydrogens is 374 g/mol. The molecule has 10 heteroatoms. The second-order valence-electron chi connectivity index (χ2n) is 6.69. The van der Waals surface area contributed by atoms with Crippen molar-refractivity contribution in [2.24, 2.45) is 11.8 Å². The number of esters is 2. The van der Waals surface area contributed by atoms with E-state index < -0.39 is 40.0 Å². The fourth-order valence-corrected chi connectivity index (χ4v) is 3.82. The van der Waals surface area contributed by atoms with Crippen molar-refractivity contribution in [2.75, 3.05) is 6.61 Å². The number of allylic oxidation sites excluding steroid dienone is 1. The summed E-state index contributed by atoms with van der Waals surface area (Å²) in [5.74, 6) is -3.01. The predicted molar refractivity (Wildman–Crippen MR) is 85.8 cm³/mol. The Balaban J connectivity index is 1.91. The lowest BCUT2D eigenvalue weighted by atomic mass is 9.72. The van der Waals surface area contributed by atoms with Crippen LogP contribution < -0.4 is 0 Å². The number of carbonyl (C=O) groups excluding carboxylic acids is 2. The summed E-state index contributed by atoms with van der Waals surface area (Å²) in [5.41, 5.74) is 1.34. The average Bonchev–Trinajstić information content (AvgIpc) is 2.56. The molecule has 2 aliphatic carbocycles. The quantitative estimate of drug-likeness (QED) is 0.400. The van der Waals surface area contributed by atoms with Crippen LogP contribution in [0.15, 0.2) is 11.6 Å². The summed E-state index contributed by atoms with van der Waals surface area (Å²) in [6, 6.07) is 0. The molecule has 26 heavy (non-hydrogen) atoms. The molecule has 1 fully saturated rings. The molecule has 1 N–H and O–H groups in total. The highest BCUT2D eigenvalue weighted by Gasteiger charge is 2.54. The number of alkyl halides is 2. The van der Waals surface area contributed by atoms with E-state index in [0.717, 1.165) is 32.1 Å². The molecule has 1 saturated carbocycles. The van der Waals surface area contributed by atoms with Crippen LogP contribution in [-0.2, 0) is 29.2 Å². The molecule has 3 unspecified atom stereocenters. The number of carbonyl (C=O) groups is 2. The number of rotatable bonds is 7. The zero-order valence-corrected chi connectivity index (χ0v) is 15.1. The third-order valence-electron chi connectivity index (χ3n) is 4.76. The van der Waals surface area contributed by atoms with Crippen LogP contribution in [0.5, 0.6) is 0 Å². The first-order valence-corrected chi connectivity index (χ1v) is 9.89. The summed E-state index contributed by atoms with van der Waals surface area (Å²) in [6.07, 6.45) is 7.37. The Morgan fingerprint density at radius 2 is 2.12 bits per heavy atom. The van der Waals surface area contributed by atoms with Gasteiger partial charge in [-0.2, -0.15) is 17.2 Å². The van der Waals surface area contributed by atoms with Crippen molar-refractivity contribution in [1.29, 1.82) is 0 Å². The molecule has 2 rings (SSSR count). The van der Waals surface area contributed by atoms with Crippen molar-refractivity contribution < 1.29 is 40.8 Å². The first-order valence-electron chi connectivity index (χ1n) is 8.45. The smallest absolute Gasteiger partial charge is 0.459 e. The molecule has 2 aliphatic rings. The Bertz CT molecular complexity index is 687. The van der Waals surface area contributed by atoms with Crippen LogP contribution in [0.25, 0.3) is 0 Å². The second-order valence-corrected chi connectivity index (χ2v) is 8.15. The van der Waals surface area contributed by atoms with Crippen LogP contribution in [0.2, 0.25) is 0 Å². The van der Waals surface area contributed by atoms with Crippen LogP contribution in [0.4, 0.5) is 8.78 Å². The van der Waals surface area contributed by atoms with Crippen molar-refractivity contribution in [2.45, 2.75) is 56.8 Å². The Morgan fingerprint density at radius 3 is 2.69 bits per heavy atom. The van der Waals surface area contributed by atoms with Crippen molar-refractivity contribution in [1.82, 2.24) is 0 Å². The van der Waals surface area contributed by atoms with Gasteiger partial charge in [0.15, 0.2) is 6.61 Å².